The lowest BCUT2D eigenvalue weighted by Gasteiger charge is -1.99. The first-order chi connectivity index (χ1) is 10.2. The third-order valence-corrected chi connectivity index (χ3v) is 3.23. The molecule has 0 aliphatic rings. The van der Waals surface area contributed by atoms with E-state index >= 15 is 0 Å². The molecule has 0 aliphatic heterocycles. The highest BCUT2D eigenvalue weighted by Crippen LogP contribution is 2.24. The molecule has 0 bridgehead atoms. The lowest BCUT2D eigenvalue weighted by atomic mass is 10.2. The lowest BCUT2D eigenvalue weighted by Crippen LogP contribution is -2.20. The summed E-state index contributed by atoms with van der Waals surface area (Å²) < 4.78 is 12.0. The third kappa shape index (κ3) is 1.82. The Morgan fingerprint density at radius 1 is 1.29 bits per heavy atom. The van der Waals surface area contributed by atoms with E-state index < -0.39 is 0 Å². The van der Waals surface area contributed by atoms with E-state index in [9.17, 15) is 4.79 Å². The molecule has 21 heavy (non-hydrogen) atoms. The molecule has 4 aromatic rings. The molecule has 0 saturated heterocycles. The van der Waals surface area contributed by atoms with Crippen LogP contribution in [0.3, 0.4) is 0 Å². The Morgan fingerprint density at radius 3 is 2.95 bits per heavy atom. The van der Waals surface area contributed by atoms with Gasteiger partial charge < -0.3 is 8.94 Å². The number of aryl methyl sites for hydroxylation is 1. The van der Waals surface area contributed by atoms with E-state index in [0.29, 0.717) is 22.8 Å². The molecule has 3 heterocycles. The molecule has 104 valence electrons. The molecule has 7 nitrogen and oxygen atoms in total. The predicted molar refractivity (Wildman–Crippen MR) is 73.9 cm³/mol. The van der Waals surface area contributed by atoms with Crippen LogP contribution >= 0.6 is 0 Å². The molecule has 3 aromatic heterocycles. The highest BCUT2D eigenvalue weighted by atomic mass is 16.5. The van der Waals surface area contributed by atoms with Gasteiger partial charge in [0.2, 0.25) is 11.5 Å². The molecule has 0 atom stereocenters. The predicted octanol–water partition coefficient (Wildman–Crippen LogP) is 1.88. The zero-order valence-corrected chi connectivity index (χ0v) is 11.1. The number of hydrogen-bond acceptors (Lipinski definition) is 6. The average molecular weight is 282 g/mol. The molecule has 7 heteroatoms. The maximum Gasteiger partial charge on any atom is 0.297 e. The van der Waals surface area contributed by atoms with Crippen LogP contribution in [-0.2, 0) is 6.54 Å². The van der Waals surface area contributed by atoms with Crippen LogP contribution in [0, 0.1) is 6.92 Å². The van der Waals surface area contributed by atoms with Gasteiger partial charge in [0, 0.05) is 5.39 Å². The number of furan rings is 1. The first-order valence-corrected chi connectivity index (χ1v) is 6.38. The summed E-state index contributed by atoms with van der Waals surface area (Å²) in [6, 6.07) is 7.41. The molecule has 0 saturated carbocycles. The van der Waals surface area contributed by atoms with Crippen molar-refractivity contribution < 1.29 is 8.94 Å². The topological polar surface area (TPSA) is 87.0 Å². The van der Waals surface area contributed by atoms with Gasteiger partial charge in [-0.25, -0.2) is 4.98 Å². The van der Waals surface area contributed by atoms with Crippen LogP contribution in [0.1, 0.15) is 11.7 Å². The van der Waals surface area contributed by atoms with Gasteiger partial charge in [-0.05, 0) is 19.1 Å². The summed E-state index contributed by atoms with van der Waals surface area (Å²) in [5.41, 5.74) is 1.17. The first-order valence-electron chi connectivity index (χ1n) is 6.38. The molecule has 0 N–H and O–H groups in total. The highest BCUT2D eigenvalue weighted by Gasteiger charge is 2.14. The van der Waals surface area contributed by atoms with Gasteiger partial charge in [-0.3, -0.25) is 9.36 Å². The number of fused-ring (bicyclic) bond motifs is 3. The molecule has 0 spiro atoms. The summed E-state index contributed by atoms with van der Waals surface area (Å²) in [6.07, 6.45) is 1.46. The largest absolute Gasteiger partial charge is 0.448 e. The van der Waals surface area contributed by atoms with Crippen LogP contribution in [0.25, 0.3) is 22.1 Å². The highest BCUT2D eigenvalue weighted by molar-refractivity contribution is 6.01. The fraction of sp³-hybridized carbons (Fsp3) is 0.143. The quantitative estimate of drug-likeness (QED) is 0.558. The Hall–Kier alpha value is -2.96. The van der Waals surface area contributed by atoms with Crippen molar-refractivity contribution in [1.29, 1.82) is 0 Å². The standard InChI is InChI=1S/C14H10N4O3/c1-8-16-11(21-17-8)6-18-7-15-12-9-4-2-3-5-10(9)20-13(12)14(18)19/h2-5,7H,6H2,1H3. The van der Waals surface area contributed by atoms with Crippen molar-refractivity contribution in [2.24, 2.45) is 0 Å². The van der Waals surface area contributed by atoms with E-state index in [0.717, 1.165) is 5.39 Å². The van der Waals surface area contributed by atoms with Crippen LogP contribution in [0.2, 0.25) is 0 Å². The molecule has 0 aliphatic carbocycles. The second-order valence-electron chi connectivity index (χ2n) is 4.69. The molecular formula is C14H10N4O3. The van der Waals surface area contributed by atoms with E-state index in [-0.39, 0.29) is 17.7 Å². The van der Waals surface area contributed by atoms with Crippen molar-refractivity contribution in [3.63, 3.8) is 0 Å². The van der Waals surface area contributed by atoms with Crippen LogP contribution in [-0.4, -0.2) is 19.7 Å². The van der Waals surface area contributed by atoms with Gasteiger partial charge in [-0.1, -0.05) is 17.3 Å². The normalized spacial score (nSPS) is 11.5. The maximum absolute atomic E-state index is 12.4. The van der Waals surface area contributed by atoms with Gasteiger partial charge in [-0.15, -0.1) is 0 Å². The van der Waals surface area contributed by atoms with Crippen molar-refractivity contribution in [1.82, 2.24) is 19.7 Å². The monoisotopic (exact) mass is 282 g/mol. The minimum Gasteiger partial charge on any atom is -0.448 e. The summed E-state index contributed by atoms with van der Waals surface area (Å²) in [4.78, 5) is 20.8. The van der Waals surface area contributed by atoms with Gasteiger partial charge in [0.05, 0.1) is 6.33 Å². The van der Waals surface area contributed by atoms with Crippen LogP contribution in [0.5, 0.6) is 0 Å². The summed E-state index contributed by atoms with van der Waals surface area (Å²) in [6.45, 7) is 1.89. The van der Waals surface area contributed by atoms with Crippen molar-refractivity contribution in [2.45, 2.75) is 13.5 Å². The Labute approximate surface area is 117 Å². The van der Waals surface area contributed by atoms with Gasteiger partial charge in [-0.2, -0.15) is 4.98 Å². The first kappa shape index (κ1) is 11.8. The van der Waals surface area contributed by atoms with E-state index in [1.165, 1.54) is 10.9 Å². The Kier molecular flexibility index (Phi) is 2.41. The fourth-order valence-corrected chi connectivity index (χ4v) is 2.28. The van der Waals surface area contributed by atoms with Crippen LogP contribution < -0.4 is 5.56 Å². The zero-order chi connectivity index (χ0) is 14.4. The van der Waals surface area contributed by atoms with E-state index in [1.54, 1.807) is 6.92 Å². The van der Waals surface area contributed by atoms with E-state index in [1.807, 2.05) is 24.3 Å². The van der Waals surface area contributed by atoms with Gasteiger partial charge in [0.15, 0.2) is 5.82 Å². The molecule has 0 radical (unpaired) electrons. The Balaban J connectivity index is 1.90. The summed E-state index contributed by atoms with van der Waals surface area (Å²) in [5, 5.41) is 4.52. The van der Waals surface area contributed by atoms with E-state index in [4.69, 9.17) is 8.94 Å². The molecule has 1 aromatic carbocycles. The maximum atomic E-state index is 12.4. The third-order valence-electron chi connectivity index (χ3n) is 3.23. The number of hydrogen-bond donors (Lipinski definition) is 0. The van der Waals surface area contributed by atoms with Crippen molar-refractivity contribution >= 4 is 22.1 Å². The fourth-order valence-electron chi connectivity index (χ4n) is 2.28. The van der Waals surface area contributed by atoms with E-state index in [2.05, 4.69) is 15.1 Å². The zero-order valence-electron chi connectivity index (χ0n) is 11.1. The second-order valence-corrected chi connectivity index (χ2v) is 4.69. The number of rotatable bonds is 2. The average Bonchev–Trinajstić information content (AvgIpc) is 3.06. The second kappa shape index (κ2) is 4.27. The molecule has 4 rings (SSSR count). The SMILES string of the molecule is Cc1noc(Cn2cnc3c(oc4ccccc43)c2=O)n1. The number of nitrogens with zero attached hydrogens (tertiary/aromatic N) is 4. The Morgan fingerprint density at radius 2 is 2.14 bits per heavy atom. The summed E-state index contributed by atoms with van der Waals surface area (Å²) in [7, 11) is 0. The van der Waals surface area contributed by atoms with Crippen molar-refractivity contribution in [2.75, 3.05) is 0 Å². The minimum absolute atomic E-state index is 0.166. The molecule has 0 unspecified atom stereocenters. The molecule has 0 amide bonds. The molecule has 0 fully saturated rings. The summed E-state index contributed by atoms with van der Waals surface area (Å²) in [5.74, 6) is 0.877. The van der Waals surface area contributed by atoms with Gasteiger partial charge in [0.25, 0.3) is 5.56 Å². The van der Waals surface area contributed by atoms with Crippen molar-refractivity contribution in [3.8, 4) is 0 Å². The number of aromatic nitrogens is 4. The van der Waals surface area contributed by atoms with Gasteiger partial charge >= 0.3 is 0 Å². The minimum atomic E-state index is -0.271. The van der Waals surface area contributed by atoms with Crippen LogP contribution in [0.4, 0.5) is 0 Å². The van der Waals surface area contributed by atoms with Crippen molar-refractivity contribution in [3.05, 3.63) is 52.7 Å². The number of para-hydroxylation sites is 1. The molecular weight excluding hydrogens is 272 g/mol. The smallest absolute Gasteiger partial charge is 0.297 e. The lowest BCUT2D eigenvalue weighted by molar-refractivity contribution is 0.366. The number of benzene rings is 1. The van der Waals surface area contributed by atoms with Gasteiger partial charge in [0.1, 0.15) is 17.6 Å². The summed E-state index contributed by atoms with van der Waals surface area (Å²) >= 11 is 0. The van der Waals surface area contributed by atoms with Crippen LogP contribution in [0.15, 0.2) is 44.3 Å². The Bertz CT molecular complexity index is 1010.